The van der Waals surface area contributed by atoms with Crippen LogP contribution in [-0.2, 0) is 5.41 Å². The summed E-state index contributed by atoms with van der Waals surface area (Å²) in [7, 11) is 0. The molecule has 252 valence electrons. The largest absolute Gasteiger partial charge is 0.103 e. The Hall–Kier alpha value is -4.68. The van der Waals surface area contributed by atoms with Crippen LogP contribution in [0.15, 0.2) is 176 Å². The third kappa shape index (κ3) is 13.6. The van der Waals surface area contributed by atoms with Gasteiger partial charge in [-0.2, -0.15) is 0 Å². The summed E-state index contributed by atoms with van der Waals surface area (Å²) in [6, 6.07) is 26.1. The molecule has 5 rings (SSSR count). The van der Waals surface area contributed by atoms with Crippen LogP contribution >= 0.6 is 0 Å². The van der Waals surface area contributed by atoms with E-state index in [9.17, 15) is 0 Å². The van der Waals surface area contributed by atoms with Crippen LogP contribution in [0.2, 0.25) is 0 Å². The lowest BCUT2D eigenvalue weighted by atomic mass is 9.82. The number of hydrogen-bond donors (Lipinski definition) is 0. The fourth-order valence-corrected chi connectivity index (χ4v) is 5.22. The molecule has 0 heteroatoms. The summed E-state index contributed by atoms with van der Waals surface area (Å²) < 4.78 is 0. The summed E-state index contributed by atoms with van der Waals surface area (Å²) in [5.74, 6) is 0. The van der Waals surface area contributed by atoms with Gasteiger partial charge < -0.3 is 0 Å². The van der Waals surface area contributed by atoms with Gasteiger partial charge in [0, 0.05) is 5.41 Å². The molecule has 3 aromatic rings. The zero-order valence-corrected chi connectivity index (χ0v) is 31.3. The van der Waals surface area contributed by atoms with Crippen LogP contribution in [0.3, 0.4) is 0 Å². The molecule has 0 amide bonds. The fourth-order valence-electron chi connectivity index (χ4n) is 5.22. The van der Waals surface area contributed by atoms with E-state index >= 15 is 0 Å². The van der Waals surface area contributed by atoms with Crippen LogP contribution in [0.25, 0.3) is 16.7 Å². The van der Waals surface area contributed by atoms with E-state index in [4.69, 9.17) is 0 Å². The minimum atomic E-state index is 0.151. The van der Waals surface area contributed by atoms with Crippen molar-refractivity contribution in [3.63, 3.8) is 0 Å². The highest BCUT2D eigenvalue weighted by molar-refractivity contribution is 5.81. The average molecular weight is 637 g/mol. The smallest absolute Gasteiger partial charge is 0.0158 e. The van der Waals surface area contributed by atoms with Crippen molar-refractivity contribution in [2.24, 2.45) is 0 Å². The Labute approximate surface area is 294 Å². The van der Waals surface area contributed by atoms with E-state index in [2.05, 4.69) is 163 Å². The van der Waals surface area contributed by atoms with Gasteiger partial charge in [-0.25, -0.2) is 0 Å². The summed E-state index contributed by atoms with van der Waals surface area (Å²) in [5, 5.41) is 0. The molecule has 0 N–H and O–H groups in total. The molecule has 0 bridgehead atoms. The highest BCUT2D eigenvalue weighted by atomic mass is 14.4. The molecule has 3 aromatic carbocycles. The number of aryl methyl sites for hydroxylation is 1. The lowest BCUT2D eigenvalue weighted by Crippen LogP contribution is -2.14. The number of fused-ring (bicyclic) bond motifs is 3. The summed E-state index contributed by atoms with van der Waals surface area (Å²) in [6.45, 7) is 25.8. The molecule has 0 aliphatic heterocycles. The van der Waals surface area contributed by atoms with Gasteiger partial charge in [-0.3, -0.25) is 0 Å². The van der Waals surface area contributed by atoms with E-state index in [1.165, 1.54) is 50.1 Å². The van der Waals surface area contributed by atoms with E-state index in [0.29, 0.717) is 0 Å². The van der Waals surface area contributed by atoms with Gasteiger partial charge in [0.1, 0.15) is 0 Å². The molecule has 2 aliphatic carbocycles. The summed E-state index contributed by atoms with van der Waals surface area (Å²) >= 11 is 0. The molecule has 0 saturated carbocycles. The van der Waals surface area contributed by atoms with Gasteiger partial charge in [0.15, 0.2) is 0 Å². The minimum absolute atomic E-state index is 0.151. The Bertz CT molecular complexity index is 1610. The quantitative estimate of drug-likeness (QED) is 0.187. The molecule has 0 aromatic heterocycles. The predicted octanol–water partition coefficient (Wildman–Crippen LogP) is 14.7. The van der Waals surface area contributed by atoms with Crippen LogP contribution in [0.4, 0.5) is 0 Å². The van der Waals surface area contributed by atoms with Crippen LogP contribution in [0, 0.1) is 6.92 Å². The van der Waals surface area contributed by atoms with Crippen molar-refractivity contribution >= 4 is 5.57 Å². The van der Waals surface area contributed by atoms with Crippen LogP contribution in [0.5, 0.6) is 0 Å². The molecule has 0 heterocycles. The molecule has 0 nitrogen and oxygen atoms in total. The number of allylic oxidation sites excluding steroid dienone is 16. The van der Waals surface area contributed by atoms with E-state index in [1.54, 1.807) is 12.2 Å². The predicted molar refractivity (Wildman–Crippen MR) is 220 cm³/mol. The molecule has 0 saturated heterocycles. The number of benzene rings is 3. The lowest BCUT2D eigenvalue weighted by molar-refractivity contribution is 0.660. The molecule has 0 fully saturated rings. The highest BCUT2D eigenvalue weighted by Crippen LogP contribution is 2.48. The molecule has 0 atom stereocenters. The maximum atomic E-state index is 3.51. The molecule has 2 aliphatic rings. The van der Waals surface area contributed by atoms with E-state index in [0.717, 1.165) is 12.8 Å². The van der Waals surface area contributed by atoms with Crippen molar-refractivity contribution in [1.29, 1.82) is 0 Å². The first-order valence-corrected chi connectivity index (χ1v) is 17.4. The van der Waals surface area contributed by atoms with Gasteiger partial charge in [-0.15, -0.1) is 6.58 Å². The Balaban J connectivity index is 0.000000366. The Morgan fingerprint density at radius 2 is 1.44 bits per heavy atom. The summed E-state index contributed by atoms with van der Waals surface area (Å²) in [6.07, 6.45) is 29.0. The van der Waals surface area contributed by atoms with Gasteiger partial charge >= 0.3 is 0 Å². The van der Waals surface area contributed by atoms with Crippen molar-refractivity contribution in [3.8, 4) is 11.1 Å². The monoisotopic (exact) mass is 636 g/mol. The van der Waals surface area contributed by atoms with Crippen LogP contribution < -0.4 is 0 Å². The second kappa shape index (κ2) is 23.6. The van der Waals surface area contributed by atoms with E-state index in [-0.39, 0.29) is 5.41 Å². The first-order valence-electron chi connectivity index (χ1n) is 17.4. The van der Waals surface area contributed by atoms with Crippen molar-refractivity contribution < 1.29 is 0 Å². The number of hydrogen-bond acceptors (Lipinski definition) is 0. The molecule has 0 radical (unpaired) electrons. The minimum Gasteiger partial charge on any atom is -0.103 e. The Kier molecular flexibility index (Phi) is 20.3. The second-order valence-electron chi connectivity index (χ2n) is 11.8. The molecule has 0 spiro atoms. The molecule has 0 unspecified atom stereocenters. The Morgan fingerprint density at radius 3 is 2.04 bits per heavy atom. The van der Waals surface area contributed by atoms with E-state index in [1.807, 2.05) is 52.0 Å². The van der Waals surface area contributed by atoms with Crippen molar-refractivity contribution in [3.05, 3.63) is 198 Å². The number of rotatable bonds is 6. The topological polar surface area (TPSA) is 0 Å². The SMILES string of the molecule is C=C/C=C\C=C/C.C=CC.CC.C\C=C(C)/C=C(\C=C\C1=CC=CCC1)c1ccccc1.Cc1ccc2c(c1)C(C)(C)c1ccccc1-2. The first kappa shape index (κ1) is 41.3. The fraction of sp³-hybridized carbons (Fsp3) is 0.250. The van der Waals surface area contributed by atoms with Crippen molar-refractivity contribution in [1.82, 2.24) is 0 Å². The van der Waals surface area contributed by atoms with Crippen molar-refractivity contribution in [2.45, 2.75) is 80.6 Å². The lowest BCUT2D eigenvalue weighted by Gasteiger charge is -2.21. The molecule has 48 heavy (non-hydrogen) atoms. The third-order valence-corrected chi connectivity index (χ3v) is 7.76. The molecular weight excluding hydrogens is 577 g/mol. The van der Waals surface area contributed by atoms with Crippen LogP contribution in [-0.4, -0.2) is 0 Å². The van der Waals surface area contributed by atoms with Gasteiger partial charge in [0.25, 0.3) is 0 Å². The molecular formula is C48H60. The van der Waals surface area contributed by atoms with Gasteiger partial charge in [-0.05, 0) is 86.4 Å². The average Bonchev–Trinajstić information content (AvgIpc) is 3.35. The summed E-state index contributed by atoms with van der Waals surface area (Å²) in [5.41, 5.74) is 12.4. The van der Waals surface area contributed by atoms with E-state index < -0.39 is 0 Å². The maximum Gasteiger partial charge on any atom is 0.0158 e. The van der Waals surface area contributed by atoms with Gasteiger partial charge in [0.05, 0.1) is 0 Å². The Morgan fingerprint density at radius 1 is 0.792 bits per heavy atom. The first-order chi connectivity index (χ1) is 23.2. The zero-order chi connectivity index (χ0) is 35.8. The van der Waals surface area contributed by atoms with Gasteiger partial charge in [0.2, 0.25) is 0 Å². The second-order valence-corrected chi connectivity index (χ2v) is 11.8. The third-order valence-electron chi connectivity index (χ3n) is 7.76. The highest BCUT2D eigenvalue weighted by Gasteiger charge is 2.34. The maximum absolute atomic E-state index is 3.51. The van der Waals surface area contributed by atoms with Crippen LogP contribution in [0.1, 0.15) is 90.5 Å². The standard InChI is InChI=1S/C20H22.C16H16.C7H10.C3H6.C2H6/c1-3-17(2)16-20(19-12-8-5-9-13-19)15-14-18-10-6-4-7-11-18;1-11-8-9-13-12-6-4-5-7-14(12)16(2,3)15(13)10-11;1-3-5-7-6-4-2;1-3-2;1-2/h3-6,8-10,12-16H,7,11H2,1-2H3;4-10H,1-3H3;3-7H,1H2,2H3;3H,1H2,2H3;1-2H3/b15-14+,17-3-,20-16+;;6-4-,7-5-;;. The van der Waals surface area contributed by atoms with Crippen molar-refractivity contribution in [2.75, 3.05) is 0 Å². The zero-order valence-electron chi connectivity index (χ0n) is 31.3. The normalized spacial score (nSPS) is 14.1. The summed E-state index contributed by atoms with van der Waals surface area (Å²) in [4.78, 5) is 0. The van der Waals surface area contributed by atoms with Gasteiger partial charge in [-0.1, -0.05) is 197 Å².